The predicted octanol–water partition coefficient (Wildman–Crippen LogP) is 2.85. The minimum absolute atomic E-state index is 0.209. The summed E-state index contributed by atoms with van der Waals surface area (Å²) in [6.45, 7) is 0. The molecule has 1 aliphatic carbocycles. The predicted molar refractivity (Wildman–Crippen MR) is 122 cm³/mol. The van der Waals surface area contributed by atoms with Crippen molar-refractivity contribution >= 4 is 23.0 Å². The highest BCUT2D eigenvalue weighted by Crippen LogP contribution is 2.34. The van der Waals surface area contributed by atoms with Gasteiger partial charge in [0.25, 0.3) is 0 Å². The van der Waals surface area contributed by atoms with E-state index in [0.29, 0.717) is 33.3 Å². The van der Waals surface area contributed by atoms with Crippen LogP contribution in [-0.2, 0) is 0 Å². The Kier molecular flexibility index (Phi) is 6.60. The second-order valence-electron chi connectivity index (χ2n) is 7.77. The van der Waals surface area contributed by atoms with Crippen LogP contribution in [0, 0.1) is 17.1 Å². The Morgan fingerprint density at radius 3 is 2.88 bits per heavy atom. The molecule has 0 bridgehead atoms. The summed E-state index contributed by atoms with van der Waals surface area (Å²) in [7, 11) is 1.98. The van der Waals surface area contributed by atoms with Crippen LogP contribution in [0.2, 0.25) is 0 Å². The first-order valence-electron chi connectivity index (χ1n) is 10.4. The van der Waals surface area contributed by atoms with E-state index in [0.717, 1.165) is 37.4 Å². The van der Waals surface area contributed by atoms with E-state index in [4.69, 9.17) is 11.6 Å². The highest BCUT2D eigenvalue weighted by atomic mass is 32.2. The molecule has 0 saturated heterocycles. The number of hydrazine groups is 1. The lowest BCUT2D eigenvalue weighted by molar-refractivity contribution is 0.202. The average molecular weight is 453 g/mol. The van der Waals surface area contributed by atoms with Gasteiger partial charge in [-0.3, -0.25) is 0 Å². The molecule has 32 heavy (non-hydrogen) atoms. The van der Waals surface area contributed by atoms with Crippen LogP contribution in [-0.4, -0.2) is 38.7 Å². The lowest BCUT2D eigenvalue weighted by Crippen LogP contribution is -2.42. The van der Waals surface area contributed by atoms with Gasteiger partial charge in [0, 0.05) is 41.1 Å². The quantitative estimate of drug-likeness (QED) is 0.386. The first kappa shape index (κ1) is 22.1. The molecule has 3 aromatic heterocycles. The Hall–Kier alpha value is -3.13. The minimum Gasteiger partial charge on any atom is -0.397 e. The highest BCUT2D eigenvalue weighted by Gasteiger charge is 2.23. The summed E-state index contributed by atoms with van der Waals surface area (Å²) in [6, 6.07) is 7.58. The van der Waals surface area contributed by atoms with Gasteiger partial charge in [0.15, 0.2) is 5.82 Å². The Bertz CT molecular complexity index is 1180. The van der Waals surface area contributed by atoms with Crippen molar-refractivity contribution in [2.24, 2.45) is 11.6 Å². The fourth-order valence-electron chi connectivity index (χ4n) is 3.96. The molecule has 0 unspecified atom stereocenters. The maximum Gasteiger partial charge on any atom is 0.155 e. The van der Waals surface area contributed by atoms with Crippen LogP contribution in [0.1, 0.15) is 36.8 Å². The Balaban J connectivity index is 1.66. The largest absolute Gasteiger partial charge is 0.397 e. The minimum atomic E-state index is -0.437. The van der Waals surface area contributed by atoms with E-state index in [9.17, 15) is 9.65 Å². The summed E-state index contributed by atoms with van der Waals surface area (Å²) in [6.07, 6.45) is 10.6. The summed E-state index contributed by atoms with van der Waals surface area (Å²) in [5.41, 5.74) is 8.50. The third kappa shape index (κ3) is 4.55. The van der Waals surface area contributed by atoms with Crippen LogP contribution in [0.4, 0.5) is 4.39 Å². The van der Waals surface area contributed by atoms with Gasteiger partial charge in [-0.05, 0) is 50.9 Å². The normalized spacial score (nSPS) is 19.1. The maximum absolute atomic E-state index is 14.2. The van der Waals surface area contributed by atoms with Crippen molar-refractivity contribution in [1.82, 2.24) is 24.9 Å². The molecule has 0 atom stereocenters. The topological polar surface area (TPSA) is 121 Å². The molecule has 4 rings (SSSR count). The number of pyridine rings is 2. The molecule has 0 radical (unpaired) electrons. The second-order valence-corrected chi connectivity index (χ2v) is 8.81. The number of fused-ring (bicyclic) bond motifs is 1. The number of nitriles is 1. The molecule has 5 N–H and O–H groups in total. The Morgan fingerprint density at radius 2 is 2.19 bits per heavy atom. The number of nitrogens with zero attached hydrogens (tertiary/aromatic N) is 5. The van der Waals surface area contributed by atoms with Gasteiger partial charge in [0.1, 0.15) is 11.1 Å². The summed E-state index contributed by atoms with van der Waals surface area (Å²) in [5.74, 6) is 5.88. The lowest BCUT2D eigenvalue weighted by Gasteiger charge is -2.33. The number of halogens is 1. The summed E-state index contributed by atoms with van der Waals surface area (Å²) < 4.78 is 15.8. The molecule has 0 amide bonds. The molecule has 8 nitrogen and oxygen atoms in total. The average Bonchev–Trinajstić information content (AvgIpc) is 3.24. The Morgan fingerprint density at radius 1 is 1.41 bits per heavy atom. The van der Waals surface area contributed by atoms with Gasteiger partial charge in [0.2, 0.25) is 0 Å². The summed E-state index contributed by atoms with van der Waals surface area (Å²) in [4.78, 5) is 4.74. The van der Waals surface area contributed by atoms with Gasteiger partial charge in [-0.2, -0.15) is 10.4 Å². The fourth-order valence-corrected chi connectivity index (χ4v) is 4.93. The molecule has 166 valence electrons. The van der Waals surface area contributed by atoms with Gasteiger partial charge in [0.05, 0.1) is 23.0 Å². The number of hydrogen-bond donors (Lipinski definition) is 3. The van der Waals surface area contributed by atoms with Crippen molar-refractivity contribution < 1.29 is 4.39 Å². The summed E-state index contributed by atoms with van der Waals surface area (Å²) >= 11 is 1.13. The Labute approximate surface area is 190 Å². The van der Waals surface area contributed by atoms with E-state index in [1.165, 1.54) is 24.5 Å². The molecular formula is C22H25FN8S. The van der Waals surface area contributed by atoms with Crippen molar-refractivity contribution in [3.8, 4) is 6.07 Å². The molecule has 3 heterocycles. The third-order valence-corrected chi connectivity index (χ3v) is 6.80. The van der Waals surface area contributed by atoms with E-state index in [1.54, 1.807) is 21.9 Å². The van der Waals surface area contributed by atoms with Crippen LogP contribution in [0.25, 0.3) is 11.2 Å². The smallest absolute Gasteiger partial charge is 0.155 e. The first-order chi connectivity index (χ1) is 15.5. The van der Waals surface area contributed by atoms with E-state index in [1.807, 2.05) is 13.1 Å². The van der Waals surface area contributed by atoms with Crippen molar-refractivity contribution in [2.45, 2.75) is 47.7 Å². The van der Waals surface area contributed by atoms with E-state index < -0.39 is 5.82 Å². The van der Waals surface area contributed by atoms with E-state index in [-0.39, 0.29) is 11.1 Å². The molecule has 0 aliphatic heterocycles. The molecule has 1 aliphatic rings. The van der Waals surface area contributed by atoms with E-state index in [2.05, 4.69) is 21.5 Å². The highest BCUT2D eigenvalue weighted by molar-refractivity contribution is 7.99. The molecule has 1 fully saturated rings. The zero-order chi connectivity index (χ0) is 22.7. The number of nitrogens with two attached hydrogens (primary N) is 2. The van der Waals surface area contributed by atoms with E-state index >= 15 is 0 Å². The lowest BCUT2D eigenvalue weighted by atomic mass is 9.91. The number of nitrogens with one attached hydrogen (secondary N) is 1. The van der Waals surface area contributed by atoms with Crippen molar-refractivity contribution in [3.05, 3.63) is 59.9 Å². The van der Waals surface area contributed by atoms with Crippen LogP contribution in [0.5, 0.6) is 0 Å². The molecule has 1 saturated carbocycles. The van der Waals surface area contributed by atoms with Crippen molar-refractivity contribution in [1.29, 1.82) is 5.26 Å². The fraction of sp³-hybridized carbons (Fsp3) is 0.318. The SMILES string of the molecule is CNC1CCC(N(N)/C=C(\N)c2cc(Sc3ncccc3F)c3c(C#N)cnn3c2)CC1. The van der Waals surface area contributed by atoms with Gasteiger partial charge < -0.3 is 16.1 Å². The molecular weight excluding hydrogens is 427 g/mol. The van der Waals surface area contributed by atoms with Gasteiger partial charge in [-0.25, -0.2) is 19.7 Å². The van der Waals surface area contributed by atoms with Crippen LogP contribution in [0.15, 0.2) is 52.9 Å². The first-order valence-corrected chi connectivity index (χ1v) is 11.2. The van der Waals surface area contributed by atoms with Crippen molar-refractivity contribution in [2.75, 3.05) is 7.05 Å². The summed E-state index contributed by atoms with van der Waals surface area (Å²) in [5, 5.41) is 19.0. The van der Waals surface area contributed by atoms with Crippen LogP contribution < -0.4 is 16.9 Å². The zero-order valence-corrected chi connectivity index (χ0v) is 18.5. The number of aromatic nitrogens is 3. The van der Waals surface area contributed by atoms with Gasteiger partial charge >= 0.3 is 0 Å². The zero-order valence-electron chi connectivity index (χ0n) is 17.7. The monoisotopic (exact) mass is 452 g/mol. The van der Waals surface area contributed by atoms with Gasteiger partial charge in [-0.1, -0.05) is 11.8 Å². The molecule has 3 aromatic rings. The standard InChI is InChI=1S/C22H25FN8S/c1-27-16-4-6-17(7-5-16)30(26)13-19(25)14-9-20(32-22-18(23)3-2-8-28-22)21-15(10-24)11-29-31(21)12-14/h2-3,8-9,11-13,16-17,27H,4-7,25-26H2,1H3/b19-13-. The molecule has 0 aromatic carbocycles. The van der Waals surface area contributed by atoms with Crippen LogP contribution in [0.3, 0.4) is 0 Å². The number of hydrogen-bond acceptors (Lipinski definition) is 8. The molecule has 10 heteroatoms. The van der Waals surface area contributed by atoms with Gasteiger partial charge in [-0.15, -0.1) is 0 Å². The second kappa shape index (κ2) is 9.56. The van der Waals surface area contributed by atoms with Crippen LogP contribution >= 0.6 is 11.8 Å². The maximum atomic E-state index is 14.2. The van der Waals surface area contributed by atoms with Crippen molar-refractivity contribution in [3.63, 3.8) is 0 Å². The molecule has 0 spiro atoms. The third-order valence-electron chi connectivity index (χ3n) is 5.78. The number of rotatable bonds is 6.